The number of fused-ring (bicyclic) bond motifs is 1. The molecule has 1 aliphatic carbocycles. The van der Waals surface area contributed by atoms with Crippen LogP contribution < -0.4 is 0 Å². The summed E-state index contributed by atoms with van der Waals surface area (Å²) < 4.78 is 0. The molecular weight excluding hydrogens is 168 g/mol. The molecule has 1 heterocycles. The van der Waals surface area contributed by atoms with Crippen LogP contribution in [0.1, 0.15) is 19.8 Å². The van der Waals surface area contributed by atoms with Crippen LogP contribution >= 0.6 is 11.8 Å². The Balaban J connectivity index is 2.26. The zero-order valence-corrected chi connectivity index (χ0v) is 7.99. The highest BCUT2D eigenvalue weighted by molar-refractivity contribution is 8.03. The van der Waals surface area contributed by atoms with Crippen molar-refractivity contribution in [3.05, 3.63) is 22.6 Å². The zero-order valence-electron chi connectivity index (χ0n) is 7.17. The van der Waals surface area contributed by atoms with Crippen molar-refractivity contribution in [2.75, 3.05) is 5.75 Å². The highest BCUT2D eigenvalue weighted by Crippen LogP contribution is 2.38. The van der Waals surface area contributed by atoms with Gasteiger partial charge in [-0.05, 0) is 18.2 Å². The molecule has 2 aliphatic rings. The first-order valence-corrected chi connectivity index (χ1v) is 5.29. The van der Waals surface area contributed by atoms with Crippen LogP contribution in [0.2, 0.25) is 0 Å². The second-order valence-electron chi connectivity index (χ2n) is 3.40. The van der Waals surface area contributed by atoms with E-state index in [9.17, 15) is 4.79 Å². The van der Waals surface area contributed by atoms with E-state index in [1.54, 1.807) is 0 Å². The number of carbonyl (C=O) groups is 1. The van der Waals surface area contributed by atoms with Gasteiger partial charge < -0.3 is 0 Å². The predicted molar refractivity (Wildman–Crippen MR) is 52.0 cm³/mol. The molecule has 0 saturated carbocycles. The number of hydrogen-bond acceptors (Lipinski definition) is 2. The van der Waals surface area contributed by atoms with Crippen LogP contribution in [0.3, 0.4) is 0 Å². The van der Waals surface area contributed by atoms with Gasteiger partial charge in [-0.15, -0.1) is 11.8 Å². The van der Waals surface area contributed by atoms with Crippen molar-refractivity contribution in [3.63, 3.8) is 0 Å². The molecule has 2 heteroatoms. The SMILES string of the molecule is CC1=CC=C2SCCC(=O)C2C1. The number of allylic oxidation sites excluding steroid dienone is 4. The van der Waals surface area contributed by atoms with E-state index in [2.05, 4.69) is 19.1 Å². The first-order valence-electron chi connectivity index (χ1n) is 4.30. The summed E-state index contributed by atoms with van der Waals surface area (Å²) in [5.41, 5.74) is 1.33. The molecule has 64 valence electrons. The Morgan fingerprint density at radius 2 is 2.33 bits per heavy atom. The van der Waals surface area contributed by atoms with E-state index in [-0.39, 0.29) is 5.92 Å². The fraction of sp³-hybridized carbons (Fsp3) is 0.500. The number of Topliss-reactive ketones (excluding diaryl/α,β-unsaturated/α-hetero) is 1. The maximum Gasteiger partial charge on any atom is 0.142 e. The molecule has 0 radical (unpaired) electrons. The summed E-state index contributed by atoms with van der Waals surface area (Å²) in [6, 6.07) is 0. The quantitative estimate of drug-likeness (QED) is 0.570. The fourth-order valence-electron chi connectivity index (χ4n) is 1.70. The number of thioether (sulfide) groups is 1. The normalized spacial score (nSPS) is 29.1. The van der Waals surface area contributed by atoms with Gasteiger partial charge in [0.1, 0.15) is 5.78 Å². The molecule has 0 aromatic heterocycles. The third-order valence-corrected chi connectivity index (χ3v) is 3.57. The summed E-state index contributed by atoms with van der Waals surface area (Å²) in [6.45, 7) is 2.10. The molecule has 0 amide bonds. The summed E-state index contributed by atoms with van der Waals surface area (Å²) in [6.07, 6.45) is 5.97. The standard InChI is InChI=1S/C10H12OS/c1-7-2-3-10-8(6-7)9(11)4-5-12-10/h2-3,8H,4-6H2,1H3. The van der Waals surface area contributed by atoms with Crippen LogP contribution in [-0.2, 0) is 4.79 Å². The van der Waals surface area contributed by atoms with Gasteiger partial charge in [0, 0.05) is 12.2 Å². The second-order valence-corrected chi connectivity index (χ2v) is 4.57. The molecule has 0 bridgehead atoms. The maximum atomic E-state index is 11.5. The number of ketones is 1. The zero-order chi connectivity index (χ0) is 8.55. The molecule has 0 N–H and O–H groups in total. The highest BCUT2D eigenvalue weighted by Gasteiger charge is 2.28. The average Bonchev–Trinajstić information content (AvgIpc) is 2.07. The first kappa shape index (κ1) is 8.11. The van der Waals surface area contributed by atoms with Crippen LogP contribution in [0.4, 0.5) is 0 Å². The van der Waals surface area contributed by atoms with Crippen molar-refractivity contribution in [3.8, 4) is 0 Å². The third kappa shape index (κ3) is 1.36. The minimum Gasteiger partial charge on any atom is -0.299 e. The average molecular weight is 180 g/mol. The van der Waals surface area contributed by atoms with E-state index in [1.807, 2.05) is 11.8 Å². The Bertz CT molecular complexity index is 276. The first-order chi connectivity index (χ1) is 5.77. The Labute approximate surface area is 76.9 Å². The smallest absolute Gasteiger partial charge is 0.142 e. The number of rotatable bonds is 0. The van der Waals surface area contributed by atoms with Crippen molar-refractivity contribution in [2.45, 2.75) is 19.8 Å². The molecule has 0 aromatic carbocycles. The monoisotopic (exact) mass is 180 g/mol. The lowest BCUT2D eigenvalue weighted by molar-refractivity contribution is -0.121. The Morgan fingerprint density at radius 3 is 3.17 bits per heavy atom. The van der Waals surface area contributed by atoms with Crippen molar-refractivity contribution in [1.82, 2.24) is 0 Å². The Kier molecular flexibility index (Phi) is 2.09. The van der Waals surface area contributed by atoms with E-state index < -0.39 is 0 Å². The lowest BCUT2D eigenvalue weighted by atomic mass is 9.90. The second kappa shape index (κ2) is 3.09. The predicted octanol–water partition coefficient (Wildman–Crippen LogP) is 2.54. The highest BCUT2D eigenvalue weighted by atomic mass is 32.2. The van der Waals surface area contributed by atoms with Crippen LogP contribution in [-0.4, -0.2) is 11.5 Å². The molecule has 2 rings (SSSR count). The molecule has 0 spiro atoms. The van der Waals surface area contributed by atoms with Gasteiger partial charge in [0.05, 0.1) is 5.92 Å². The molecule has 0 aromatic rings. The molecule has 1 saturated heterocycles. The summed E-state index contributed by atoms with van der Waals surface area (Å²) in [4.78, 5) is 12.8. The van der Waals surface area contributed by atoms with Crippen molar-refractivity contribution in [1.29, 1.82) is 0 Å². The van der Waals surface area contributed by atoms with E-state index in [0.717, 1.165) is 18.6 Å². The van der Waals surface area contributed by atoms with Crippen LogP contribution in [0.15, 0.2) is 22.6 Å². The molecular formula is C10H12OS. The van der Waals surface area contributed by atoms with Gasteiger partial charge >= 0.3 is 0 Å². The van der Waals surface area contributed by atoms with E-state index in [4.69, 9.17) is 0 Å². The minimum atomic E-state index is 0.216. The number of carbonyl (C=O) groups excluding carboxylic acids is 1. The van der Waals surface area contributed by atoms with Crippen molar-refractivity contribution >= 4 is 17.5 Å². The van der Waals surface area contributed by atoms with Crippen LogP contribution in [0, 0.1) is 5.92 Å². The summed E-state index contributed by atoms with van der Waals surface area (Å²) in [7, 11) is 0. The lowest BCUT2D eigenvalue weighted by Gasteiger charge is -2.26. The van der Waals surface area contributed by atoms with Gasteiger partial charge in [0.15, 0.2) is 0 Å². The third-order valence-electron chi connectivity index (χ3n) is 2.41. The summed E-state index contributed by atoms with van der Waals surface area (Å²) in [5, 5.41) is 0. The van der Waals surface area contributed by atoms with Gasteiger partial charge in [-0.3, -0.25) is 4.79 Å². The lowest BCUT2D eigenvalue weighted by Crippen LogP contribution is -2.22. The van der Waals surface area contributed by atoms with Crippen LogP contribution in [0.25, 0.3) is 0 Å². The Morgan fingerprint density at radius 1 is 1.50 bits per heavy atom. The fourth-order valence-corrected chi connectivity index (χ4v) is 2.82. The van der Waals surface area contributed by atoms with Gasteiger partial charge in [0.25, 0.3) is 0 Å². The maximum absolute atomic E-state index is 11.5. The van der Waals surface area contributed by atoms with Crippen molar-refractivity contribution in [2.24, 2.45) is 5.92 Å². The van der Waals surface area contributed by atoms with E-state index in [0.29, 0.717) is 5.78 Å². The summed E-state index contributed by atoms with van der Waals surface area (Å²) >= 11 is 1.85. The molecule has 1 nitrogen and oxygen atoms in total. The molecule has 1 unspecified atom stereocenters. The van der Waals surface area contributed by atoms with Gasteiger partial charge in [0.2, 0.25) is 0 Å². The molecule has 1 fully saturated rings. The van der Waals surface area contributed by atoms with E-state index in [1.165, 1.54) is 10.5 Å². The molecule has 12 heavy (non-hydrogen) atoms. The molecule has 1 aliphatic heterocycles. The van der Waals surface area contributed by atoms with Gasteiger partial charge in [-0.25, -0.2) is 0 Å². The van der Waals surface area contributed by atoms with Crippen LogP contribution in [0.5, 0.6) is 0 Å². The van der Waals surface area contributed by atoms with Gasteiger partial charge in [-0.1, -0.05) is 17.7 Å². The Hall–Kier alpha value is -0.500. The molecule has 1 atom stereocenters. The summed E-state index contributed by atoms with van der Waals surface area (Å²) in [5.74, 6) is 1.63. The number of hydrogen-bond donors (Lipinski definition) is 0. The van der Waals surface area contributed by atoms with Gasteiger partial charge in [-0.2, -0.15) is 0 Å². The topological polar surface area (TPSA) is 17.1 Å². The van der Waals surface area contributed by atoms with Crippen molar-refractivity contribution < 1.29 is 4.79 Å². The van der Waals surface area contributed by atoms with E-state index >= 15 is 0 Å². The minimum absolute atomic E-state index is 0.216. The largest absolute Gasteiger partial charge is 0.299 e.